The fourth-order valence-electron chi connectivity index (χ4n) is 4.11. The molecule has 138 valence electrons. The number of hydrogen-bond acceptors (Lipinski definition) is 4. The molecule has 0 bridgehead atoms. The molecule has 3 heterocycles. The summed E-state index contributed by atoms with van der Waals surface area (Å²) in [5.41, 5.74) is 2.40. The average molecular weight is 346 g/mol. The van der Waals surface area contributed by atoms with Gasteiger partial charge in [0.15, 0.2) is 0 Å². The van der Waals surface area contributed by atoms with Gasteiger partial charge in [-0.05, 0) is 31.2 Å². The van der Waals surface area contributed by atoms with Crippen LogP contribution in [0.5, 0.6) is 0 Å². The topological polar surface area (TPSA) is 50.6 Å². The number of ether oxygens (including phenoxy) is 1. The lowest BCUT2D eigenvalue weighted by molar-refractivity contribution is -0.135. The summed E-state index contributed by atoms with van der Waals surface area (Å²) in [6, 6.07) is 2.23. The van der Waals surface area contributed by atoms with Crippen LogP contribution in [0.4, 0.5) is 0 Å². The van der Waals surface area contributed by atoms with Crippen LogP contribution in [-0.4, -0.2) is 64.9 Å². The normalized spacial score (nSPS) is 22.3. The van der Waals surface area contributed by atoms with Crippen molar-refractivity contribution in [1.82, 2.24) is 19.6 Å². The van der Waals surface area contributed by atoms with Crippen molar-refractivity contribution in [3.05, 3.63) is 17.5 Å². The first-order chi connectivity index (χ1) is 12.3. The van der Waals surface area contributed by atoms with Crippen molar-refractivity contribution in [3.8, 4) is 0 Å². The molecule has 1 saturated carbocycles. The molecular weight excluding hydrogens is 316 g/mol. The summed E-state index contributed by atoms with van der Waals surface area (Å²) < 4.78 is 7.49. The Balaban J connectivity index is 1.31. The molecule has 0 atom stereocenters. The summed E-state index contributed by atoms with van der Waals surface area (Å²) >= 11 is 0. The average Bonchev–Trinajstić information content (AvgIpc) is 2.88. The van der Waals surface area contributed by atoms with E-state index in [0.29, 0.717) is 19.6 Å². The Bertz CT molecular complexity index is 590. The number of carbonyl (C=O) groups is 1. The molecule has 6 nitrogen and oxygen atoms in total. The molecule has 1 aromatic rings. The number of carbonyl (C=O) groups excluding carboxylic acids is 1. The molecule has 3 aliphatic rings. The molecular formula is C19H30N4O2. The van der Waals surface area contributed by atoms with E-state index in [1.165, 1.54) is 44.5 Å². The number of morpholine rings is 1. The van der Waals surface area contributed by atoms with Gasteiger partial charge in [0.1, 0.15) is 0 Å². The fourth-order valence-corrected chi connectivity index (χ4v) is 4.11. The Kier molecular flexibility index (Phi) is 5.36. The minimum absolute atomic E-state index is 0.234. The summed E-state index contributed by atoms with van der Waals surface area (Å²) in [4.78, 5) is 16.8. The predicted molar refractivity (Wildman–Crippen MR) is 95.2 cm³/mol. The van der Waals surface area contributed by atoms with Crippen LogP contribution in [-0.2, 0) is 29.0 Å². The van der Waals surface area contributed by atoms with Gasteiger partial charge in [0, 0.05) is 52.1 Å². The van der Waals surface area contributed by atoms with Gasteiger partial charge >= 0.3 is 0 Å². The van der Waals surface area contributed by atoms with Crippen LogP contribution in [0.15, 0.2) is 6.07 Å². The van der Waals surface area contributed by atoms with Crippen LogP contribution in [0.2, 0.25) is 0 Å². The summed E-state index contributed by atoms with van der Waals surface area (Å²) in [5, 5.41) is 4.77. The smallest absolute Gasteiger partial charge is 0.223 e. The van der Waals surface area contributed by atoms with Crippen LogP contribution >= 0.6 is 0 Å². The maximum absolute atomic E-state index is 12.3. The van der Waals surface area contributed by atoms with Gasteiger partial charge in [-0.3, -0.25) is 14.4 Å². The summed E-state index contributed by atoms with van der Waals surface area (Å²) in [5.74, 6) is 1.15. The second kappa shape index (κ2) is 7.87. The van der Waals surface area contributed by atoms with E-state index in [4.69, 9.17) is 9.84 Å². The maximum atomic E-state index is 12.3. The van der Waals surface area contributed by atoms with Gasteiger partial charge in [0.05, 0.1) is 24.6 Å². The van der Waals surface area contributed by atoms with Crippen molar-refractivity contribution in [1.29, 1.82) is 0 Å². The SMILES string of the molecule is O=C(CCc1cc2n(n1)CCCN(CC1CCC1)C2)N1CCOCC1. The number of nitrogens with zero attached hydrogens (tertiary/aromatic N) is 4. The van der Waals surface area contributed by atoms with Crippen LogP contribution < -0.4 is 0 Å². The van der Waals surface area contributed by atoms with Gasteiger partial charge < -0.3 is 9.64 Å². The van der Waals surface area contributed by atoms with Gasteiger partial charge in [0.25, 0.3) is 0 Å². The number of fused-ring (bicyclic) bond motifs is 1. The highest BCUT2D eigenvalue weighted by atomic mass is 16.5. The molecule has 2 aliphatic heterocycles. The van der Waals surface area contributed by atoms with Gasteiger partial charge in [-0.15, -0.1) is 0 Å². The van der Waals surface area contributed by atoms with Crippen LogP contribution in [0, 0.1) is 5.92 Å². The van der Waals surface area contributed by atoms with E-state index in [-0.39, 0.29) is 5.91 Å². The standard InChI is InChI=1S/C19H30N4O2/c24-19(22-9-11-25-12-10-22)6-5-17-13-18-15-21(14-16-3-1-4-16)7-2-8-23(18)20-17/h13,16H,1-12,14-15H2. The minimum atomic E-state index is 0.234. The lowest BCUT2D eigenvalue weighted by atomic mass is 9.85. The van der Waals surface area contributed by atoms with Crippen LogP contribution in [0.3, 0.4) is 0 Å². The maximum Gasteiger partial charge on any atom is 0.223 e. The van der Waals surface area contributed by atoms with E-state index in [2.05, 4.69) is 15.6 Å². The highest BCUT2D eigenvalue weighted by Gasteiger charge is 2.23. The number of rotatable bonds is 5. The Labute approximate surface area is 150 Å². The molecule has 0 spiro atoms. The quantitative estimate of drug-likeness (QED) is 0.814. The van der Waals surface area contributed by atoms with E-state index in [9.17, 15) is 4.79 Å². The molecule has 2 fully saturated rings. The molecule has 1 aromatic heterocycles. The molecule has 0 unspecified atom stereocenters. The molecule has 1 aliphatic carbocycles. The molecule has 4 rings (SSSR count). The molecule has 25 heavy (non-hydrogen) atoms. The third-order valence-electron chi connectivity index (χ3n) is 5.84. The van der Waals surface area contributed by atoms with Crippen molar-refractivity contribution in [2.45, 2.75) is 51.6 Å². The highest BCUT2D eigenvalue weighted by Crippen LogP contribution is 2.28. The number of aromatic nitrogens is 2. The molecule has 1 saturated heterocycles. The molecule has 1 amide bonds. The summed E-state index contributed by atoms with van der Waals surface area (Å²) in [6.07, 6.45) is 6.71. The minimum Gasteiger partial charge on any atom is -0.378 e. The van der Waals surface area contributed by atoms with Gasteiger partial charge in [-0.25, -0.2) is 0 Å². The van der Waals surface area contributed by atoms with Crippen molar-refractivity contribution in [2.75, 3.05) is 39.4 Å². The van der Waals surface area contributed by atoms with Gasteiger partial charge in [0.2, 0.25) is 5.91 Å². The molecule has 0 aromatic carbocycles. The first-order valence-corrected chi connectivity index (χ1v) is 9.91. The van der Waals surface area contributed by atoms with Crippen LogP contribution in [0.1, 0.15) is 43.5 Å². The summed E-state index contributed by atoms with van der Waals surface area (Å²) in [7, 11) is 0. The largest absolute Gasteiger partial charge is 0.378 e. The lowest BCUT2D eigenvalue weighted by Gasteiger charge is -2.31. The van der Waals surface area contributed by atoms with Crippen molar-refractivity contribution in [3.63, 3.8) is 0 Å². The van der Waals surface area contributed by atoms with E-state index in [1.807, 2.05) is 4.90 Å². The van der Waals surface area contributed by atoms with E-state index in [1.54, 1.807) is 0 Å². The Hall–Kier alpha value is -1.40. The number of amides is 1. The van der Waals surface area contributed by atoms with Crippen molar-refractivity contribution in [2.24, 2.45) is 5.92 Å². The Morgan fingerprint density at radius 3 is 2.76 bits per heavy atom. The van der Waals surface area contributed by atoms with Gasteiger partial charge in [-0.1, -0.05) is 6.42 Å². The second-order valence-electron chi connectivity index (χ2n) is 7.73. The number of hydrogen-bond donors (Lipinski definition) is 0. The predicted octanol–water partition coefficient (Wildman–Crippen LogP) is 1.68. The van der Waals surface area contributed by atoms with E-state index in [0.717, 1.165) is 44.2 Å². The van der Waals surface area contributed by atoms with E-state index >= 15 is 0 Å². The van der Waals surface area contributed by atoms with Crippen molar-refractivity contribution >= 4 is 5.91 Å². The summed E-state index contributed by atoms with van der Waals surface area (Å²) in [6.45, 7) is 7.25. The second-order valence-corrected chi connectivity index (χ2v) is 7.73. The van der Waals surface area contributed by atoms with E-state index < -0.39 is 0 Å². The highest BCUT2D eigenvalue weighted by molar-refractivity contribution is 5.76. The molecule has 0 radical (unpaired) electrons. The zero-order valence-corrected chi connectivity index (χ0v) is 15.2. The fraction of sp³-hybridized carbons (Fsp3) is 0.789. The molecule has 6 heteroatoms. The first kappa shape index (κ1) is 17.0. The Morgan fingerprint density at radius 2 is 2.00 bits per heavy atom. The zero-order valence-electron chi connectivity index (χ0n) is 15.2. The van der Waals surface area contributed by atoms with Crippen LogP contribution in [0.25, 0.3) is 0 Å². The Morgan fingerprint density at radius 1 is 1.16 bits per heavy atom. The lowest BCUT2D eigenvalue weighted by Crippen LogP contribution is -2.40. The molecule has 0 N–H and O–H groups in total. The monoisotopic (exact) mass is 346 g/mol. The first-order valence-electron chi connectivity index (χ1n) is 9.91. The van der Waals surface area contributed by atoms with Crippen molar-refractivity contribution < 1.29 is 9.53 Å². The van der Waals surface area contributed by atoms with Gasteiger partial charge in [-0.2, -0.15) is 5.10 Å². The third kappa shape index (κ3) is 4.23. The zero-order chi connectivity index (χ0) is 17.1. The number of aryl methyl sites for hydroxylation is 2. The third-order valence-corrected chi connectivity index (χ3v) is 5.84.